The summed E-state index contributed by atoms with van der Waals surface area (Å²) in [5, 5.41) is 12.5. The Morgan fingerprint density at radius 2 is 2.05 bits per heavy atom. The molecule has 0 bridgehead atoms. The van der Waals surface area contributed by atoms with E-state index in [1.807, 2.05) is 0 Å². The summed E-state index contributed by atoms with van der Waals surface area (Å²) >= 11 is 2.37. The van der Waals surface area contributed by atoms with Crippen molar-refractivity contribution >= 4 is 28.5 Å². The molecule has 19 heavy (non-hydrogen) atoms. The number of phenolic OH excluding ortho intramolecular Hbond substituents is 1. The molecule has 0 saturated carbocycles. The fourth-order valence-electron chi connectivity index (χ4n) is 1.69. The van der Waals surface area contributed by atoms with Gasteiger partial charge in [-0.3, -0.25) is 4.79 Å². The lowest BCUT2D eigenvalue weighted by molar-refractivity contribution is 0.0950. The third-order valence-electron chi connectivity index (χ3n) is 2.79. The summed E-state index contributed by atoms with van der Waals surface area (Å²) in [5.41, 5.74) is 0.256. The van der Waals surface area contributed by atoms with Gasteiger partial charge in [0.05, 0.1) is 12.7 Å². The Kier molecular flexibility index (Phi) is 7.62. The van der Waals surface area contributed by atoms with Gasteiger partial charge in [0, 0.05) is 6.54 Å². The van der Waals surface area contributed by atoms with Gasteiger partial charge in [0.2, 0.25) is 0 Å². The summed E-state index contributed by atoms with van der Waals surface area (Å²) in [4.78, 5) is 11.9. The van der Waals surface area contributed by atoms with Gasteiger partial charge in [-0.15, -0.1) is 0 Å². The monoisotopic (exact) mass is 377 g/mol. The predicted molar refractivity (Wildman–Crippen MR) is 84.3 cm³/mol. The summed E-state index contributed by atoms with van der Waals surface area (Å²) in [6.45, 7) is 0.636. The van der Waals surface area contributed by atoms with Crippen LogP contribution in [0.2, 0.25) is 0 Å². The molecular formula is C14H20INO3. The molecule has 2 N–H and O–H groups in total. The quantitative estimate of drug-likeness (QED) is 0.416. The Morgan fingerprint density at radius 1 is 1.32 bits per heavy atom. The number of amides is 1. The standard InChI is InChI=1S/C14H20INO3/c1-19-11-6-7-13(17)12(10-11)14(18)16-9-5-3-2-4-8-15/h6-7,10,17H,2-5,8-9H2,1H3,(H,16,18). The van der Waals surface area contributed by atoms with Crippen molar-refractivity contribution in [1.82, 2.24) is 5.32 Å². The van der Waals surface area contributed by atoms with Crippen molar-refractivity contribution in [3.8, 4) is 11.5 Å². The van der Waals surface area contributed by atoms with E-state index >= 15 is 0 Å². The molecule has 106 valence electrons. The fraction of sp³-hybridized carbons (Fsp3) is 0.500. The van der Waals surface area contributed by atoms with Crippen molar-refractivity contribution in [2.24, 2.45) is 0 Å². The topological polar surface area (TPSA) is 58.6 Å². The summed E-state index contributed by atoms with van der Waals surface area (Å²) in [6, 6.07) is 4.63. The average Bonchev–Trinajstić information content (AvgIpc) is 2.43. The number of ether oxygens (including phenoxy) is 1. The molecule has 0 aromatic heterocycles. The zero-order chi connectivity index (χ0) is 14.1. The number of carbonyl (C=O) groups is 1. The molecule has 0 radical (unpaired) electrons. The van der Waals surface area contributed by atoms with E-state index in [9.17, 15) is 9.90 Å². The second-order valence-corrected chi connectivity index (χ2v) is 5.32. The lowest BCUT2D eigenvalue weighted by atomic mass is 10.1. The van der Waals surface area contributed by atoms with Gasteiger partial charge < -0.3 is 15.2 Å². The number of phenols is 1. The van der Waals surface area contributed by atoms with E-state index in [2.05, 4.69) is 27.9 Å². The number of halogens is 1. The molecule has 1 aromatic carbocycles. The Labute approximate surface area is 127 Å². The Bertz CT molecular complexity index is 410. The molecule has 0 aliphatic heterocycles. The number of aromatic hydroxyl groups is 1. The van der Waals surface area contributed by atoms with E-state index in [0.717, 1.165) is 12.8 Å². The van der Waals surface area contributed by atoms with Crippen molar-refractivity contribution in [3.63, 3.8) is 0 Å². The zero-order valence-corrected chi connectivity index (χ0v) is 13.3. The van der Waals surface area contributed by atoms with Crippen LogP contribution in [0, 0.1) is 0 Å². The van der Waals surface area contributed by atoms with Crippen LogP contribution in [-0.2, 0) is 0 Å². The van der Waals surface area contributed by atoms with Crippen LogP contribution >= 0.6 is 22.6 Å². The van der Waals surface area contributed by atoms with Crippen LogP contribution in [0.5, 0.6) is 11.5 Å². The molecule has 0 saturated heterocycles. The van der Waals surface area contributed by atoms with E-state index in [-0.39, 0.29) is 17.2 Å². The van der Waals surface area contributed by atoms with E-state index in [4.69, 9.17) is 4.74 Å². The Hall–Kier alpha value is -0.980. The number of rotatable bonds is 8. The SMILES string of the molecule is COc1ccc(O)c(C(=O)NCCCCCCI)c1. The normalized spacial score (nSPS) is 10.2. The van der Waals surface area contributed by atoms with E-state index in [1.54, 1.807) is 12.1 Å². The lowest BCUT2D eigenvalue weighted by Gasteiger charge is -2.08. The number of unbranched alkanes of at least 4 members (excludes halogenated alkanes) is 3. The van der Waals surface area contributed by atoms with Crippen molar-refractivity contribution in [2.45, 2.75) is 25.7 Å². The maximum Gasteiger partial charge on any atom is 0.255 e. The summed E-state index contributed by atoms with van der Waals surface area (Å²) in [6.07, 6.45) is 4.51. The molecule has 1 aromatic rings. The van der Waals surface area contributed by atoms with Crippen LogP contribution in [0.3, 0.4) is 0 Å². The Morgan fingerprint density at radius 3 is 2.74 bits per heavy atom. The highest BCUT2D eigenvalue weighted by Crippen LogP contribution is 2.22. The van der Waals surface area contributed by atoms with Crippen LogP contribution in [0.25, 0.3) is 0 Å². The first-order valence-electron chi connectivity index (χ1n) is 6.40. The largest absolute Gasteiger partial charge is 0.507 e. The third kappa shape index (κ3) is 5.67. The predicted octanol–water partition coefficient (Wildman–Crippen LogP) is 3.13. The highest BCUT2D eigenvalue weighted by Gasteiger charge is 2.11. The number of alkyl halides is 1. The van der Waals surface area contributed by atoms with Crippen molar-refractivity contribution in [2.75, 3.05) is 18.1 Å². The molecule has 0 atom stereocenters. The number of carbonyl (C=O) groups excluding carboxylic acids is 1. The fourth-order valence-corrected chi connectivity index (χ4v) is 2.23. The molecule has 0 aliphatic carbocycles. The minimum Gasteiger partial charge on any atom is -0.507 e. The van der Waals surface area contributed by atoms with Gasteiger partial charge in [0.15, 0.2) is 0 Å². The maximum absolute atomic E-state index is 11.9. The van der Waals surface area contributed by atoms with Crippen molar-refractivity contribution in [3.05, 3.63) is 23.8 Å². The Balaban J connectivity index is 2.40. The number of methoxy groups -OCH3 is 1. The third-order valence-corrected chi connectivity index (χ3v) is 3.56. The molecule has 5 heteroatoms. The summed E-state index contributed by atoms with van der Waals surface area (Å²) < 4.78 is 6.22. The number of hydrogen-bond donors (Lipinski definition) is 2. The lowest BCUT2D eigenvalue weighted by Crippen LogP contribution is -2.24. The van der Waals surface area contributed by atoms with Gasteiger partial charge in [0.1, 0.15) is 11.5 Å². The van der Waals surface area contributed by atoms with Crippen LogP contribution in [0.15, 0.2) is 18.2 Å². The molecule has 4 nitrogen and oxygen atoms in total. The number of hydrogen-bond acceptors (Lipinski definition) is 3. The van der Waals surface area contributed by atoms with Gasteiger partial charge >= 0.3 is 0 Å². The van der Waals surface area contributed by atoms with Crippen LogP contribution in [-0.4, -0.2) is 29.1 Å². The smallest absolute Gasteiger partial charge is 0.255 e. The van der Waals surface area contributed by atoms with Gasteiger partial charge in [-0.2, -0.15) is 0 Å². The molecule has 0 unspecified atom stereocenters. The number of benzene rings is 1. The van der Waals surface area contributed by atoms with Crippen LogP contribution in [0.4, 0.5) is 0 Å². The first-order chi connectivity index (χ1) is 9.19. The molecule has 1 amide bonds. The summed E-state index contributed by atoms with van der Waals surface area (Å²) in [5.74, 6) is 0.276. The van der Waals surface area contributed by atoms with Gasteiger partial charge in [-0.25, -0.2) is 0 Å². The molecule has 1 rings (SSSR count). The molecule has 0 fully saturated rings. The highest BCUT2D eigenvalue weighted by atomic mass is 127. The van der Waals surface area contributed by atoms with E-state index < -0.39 is 0 Å². The zero-order valence-electron chi connectivity index (χ0n) is 11.1. The van der Waals surface area contributed by atoms with Gasteiger partial charge in [0.25, 0.3) is 5.91 Å². The van der Waals surface area contributed by atoms with Crippen molar-refractivity contribution in [1.29, 1.82) is 0 Å². The second kappa shape index (κ2) is 9.01. The maximum atomic E-state index is 11.9. The van der Waals surface area contributed by atoms with E-state index in [1.165, 1.54) is 30.4 Å². The van der Waals surface area contributed by atoms with Crippen molar-refractivity contribution < 1.29 is 14.6 Å². The van der Waals surface area contributed by atoms with Crippen LogP contribution in [0.1, 0.15) is 36.0 Å². The molecule has 0 aliphatic rings. The minimum atomic E-state index is -0.259. The van der Waals surface area contributed by atoms with E-state index in [0.29, 0.717) is 12.3 Å². The minimum absolute atomic E-state index is 0.0248. The van der Waals surface area contributed by atoms with Gasteiger partial charge in [-0.05, 0) is 35.5 Å². The van der Waals surface area contributed by atoms with Crippen LogP contribution < -0.4 is 10.1 Å². The molecular weight excluding hydrogens is 357 g/mol. The molecule has 0 heterocycles. The average molecular weight is 377 g/mol. The van der Waals surface area contributed by atoms with Gasteiger partial charge in [-0.1, -0.05) is 35.4 Å². The number of nitrogens with one attached hydrogen (secondary N) is 1. The first kappa shape index (κ1) is 16.1. The first-order valence-corrected chi connectivity index (χ1v) is 7.92. The second-order valence-electron chi connectivity index (χ2n) is 4.24. The highest BCUT2D eigenvalue weighted by molar-refractivity contribution is 14.1. The molecule has 0 spiro atoms. The summed E-state index contributed by atoms with van der Waals surface area (Å²) in [7, 11) is 1.53.